The van der Waals surface area contributed by atoms with Crippen LogP contribution in [0.15, 0.2) is 40.0 Å². The fraction of sp³-hybridized carbons (Fsp3) is 0.357. The van der Waals surface area contributed by atoms with Gasteiger partial charge in [0.2, 0.25) is 0 Å². The van der Waals surface area contributed by atoms with Gasteiger partial charge in [-0.3, -0.25) is 4.55 Å². The summed E-state index contributed by atoms with van der Waals surface area (Å²) in [6.07, 6.45) is 1.92. The number of hydrogen-bond donors (Lipinski definition) is 1. The number of anilines is 1. The highest BCUT2D eigenvalue weighted by molar-refractivity contribution is 7.80. The topological polar surface area (TPSA) is 95.4 Å². The summed E-state index contributed by atoms with van der Waals surface area (Å²) >= 11 is 1.50. The Kier molecular flexibility index (Phi) is 5.99. The Morgan fingerprint density at radius 2 is 2.12 bits per heavy atom. The maximum atomic E-state index is 10.5. The summed E-state index contributed by atoms with van der Waals surface area (Å²) in [6, 6.07) is 5.64. The molecule has 0 aliphatic rings. The molecule has 2 rings (SSSR count). The number of likely N-dealkylation sites (N-methyl/N-ethyl adjacent to an activating group) is 1. The fourth-order valence-corrected chi connectivity index (χ4v) is 2.88. The summed E-state index contributed by atoms with van der Waals surface area (Å²) in [7, 11) is -0.697. The van der Waals surface area contributed by atoms with Crippen molar-refractivity contribution in [1.29, 1.82) is 0 Å². The van der Waals surface area contributed by atoms with E-state index in [-0.39, 0.29) is 6.61 Å². The molecule has 0 saturated heterocycles. The van der Waals surface area contributed by atoms with Crippen LogP contribution in [-0.4, -0.2) is 33.2 Å². The number of hydrogen-bond acceptors (Lipinski definition) is 7. The molecular formula is C14H19N4O4S2+. The molecule has 0 atom stereocenters. The Bertz CT molecular complexity index is 833. The van der Waals surface area contributed by atoms with Crippen LogP contribution in [-0.2, 0) is 21.6 Å². The predicted molar refractivity (Wildman–Crippen MR) is 91.6 cm³/mol. The first kappa shape index (κ1) is 18.5. The van der Waals surface area contributed by atoms with Gasteiger partial charge in [0.25, 0.3) is 0 Å². The number of nitrogens with zero attached hydrogens (tertiary/aromatic N) is 4. The molecule has 0 aliphatic heterocycles. The lowest BCUT2D eigenvalue weighted by atomic mass is 10.1. The van der Waals surface area contributed by atoms with Crippen LogP contribution >= 0.6 is 11.3 Å². The van der Waals surface area contributed by atoms with Crippen molar-refractivity contribution in [2.24, 2.45) is 17.3 Å². The lowest BCUT2D eigenvalue weighted by Gasteiger charge is -2.19. The molecule has 0 fully saturated rings. The van der Waals surface area contributed by atoms with Crippen molar-refractivity contribution in [2.75, 3.05) is 25.1 Å². The molecule has 0 saturated carbocycles. The van der Waals surface area contributed by atoms with E-state index in [1.54, 1.807) is 7.05 Å². The molecule has 10 heteroatoms. The van der Waals surface area contributed by atoms with E-state index in [2.05, 4.69) is 14.4 Å². The van der Waals surface area contributed by atoms with Crippen molar-refractivity contribution < 1.29 is 21.7 Å². The number of aromatic nitrogens is 1. The van der Waals surface area contributed by atoms with Gasteiger partial charge in [0.1, 0.15) is 11.9 Å². The van der Waals surface area contributed by atoms with E-state index >= 15 is 0 Å². The van der Waals surface area contributed by atoms with Crippen LogP contribution in [0.5, 0.6) is 0 Å². The Morgan fingerprint density at radius 1 is 1.38 bits per heavy atom. The SMILES string of the molecule is Cc1cc(N(C)CCOS(=O)(=O)O)ccc1N=Nc1scc[n+]1C. The molecule has 1 aromatic heterocycles. The molecule has 2 aromatic rings. The van der Waals surface area contributed by atoms with Gasteiger partial charge in [-0.05, 0) is 47.1 Å². The first-order valence-electron chi connectivity index (χ1n) is 7.05. The third-order valence-electron chi connectivity index (χ3n) is 3.28. The minimum Gasteiger partial charge on any atom is -0.372 e. The minimum atomic E-state index is -4.40. The van der Waals surface area contributed by atoms with E-state index in [0.717, 1.165) is 22.1 Å². The Balaban J connectivity index is 2.03. The van der Waals surface area contributed by atoms with Crippen molar-refractivity contribution in [2.45, 2.75) is 6.92 Å². The van der Waals surface area contributed by atoms with Crippen LogP contribution in [0.1, 0.15) is 5.56 Å². The quantitative estimate of drug-likeness (QED) is 0.458. The third-order valence-corrected chi connectivity index (χ3v) is 4.59. The first-order chi connectivity index (χ1) is 11.3. The smallest absolute Gasteiger partial charge is 0.372 e. The number of rotatable bonds is 7. The minimum absolute atomic E-state index is 0.134. The second-order valence-electron chi connectivity index (χ2n) is 5.14. The summed E-state index contributed by atoms with van der Waals surface area (Å²) in [5.41, 5.74) is 2.58. The summed E-state index contributed by atoms with van der Waals surface area (Å²) in [6.45, 7) is 2.10. The molecule has 1 heterocycles. The van der Waals surface area contributed by atoms with Crippen LogP contribution in [0.25, 0.3) is 0 Å². The zero-order valence-corrected chi connectivity index (χ0v) is 15.2. The van der Waals surface area contributed by atoms with Gasteiger partial charge in [-0.25, -0.2) is 8.75 Å². The van der Waals surface area contributed by atoms with Crippen molar-refractivity contribution in [3.05, 3.63) is 35.3 Å². The highest BCUT2D eigenvalue weighted by Gasteiger charge is 2.10. The van der Waals surface area contributed by atoms with Crippen LogP contribution in [0.2, 0.25) is 0 Å². The molecule has 0 aliphatic carbocycles. The van der Waals surface area contributed by atoms with Crippen molar-refractivity contribution >= 4 is 38.2 Å². The fourth-order valence-electron chi connectivity index (χ4n) is 1.92. The second-order valence-corrected chi connectivity index (χ2v) is 7.10. The monoisotopic (exact) mass is 371 g/mol. The van der Waals surface area contributed by atoms with Crippen LogP contribution in [0.4, 0.5) is 16.5 Å². The number of benzene rings is 1. The molecule has 0 radical (unpaired) electrons. The second kappa shape index (κ2) is 7.79. The molecule has 0 spiro atoms. The summed E-state index contributed by atoms with van der Waals surface area (Å²) < 4.78 is 35.8. The molecule has 0 unspecified atom stereocenters. The van der Waals surface area contributed by atoms with Crippen LogP contribution < -0.4 is 9.47 Å². The van der Waals surface area contributed by atoms with Crippen molar-refractivity contribution in [3.8, 4) is 0 Å². The Labute approximate surface area is 145 Å². The standard InChI is InChI=1S/C14H18N4O4S2/c1-11-10-12(17(2)6-8-22-24(19,20)21)4-5-13(11)15-16-14-18(3)7-9-23-14/h4-5,7,9-10H,6,8H2,1-3H3/p+1. The molecule has 1 aromatic carbocycles. The average Bonchev–Trinajstić information content (AvgIpc) is 2.90. The first-order valence-corrected chi connectivity index (χ1v) is 9.29. The molecule has 24 heavy (non-hydrogen) atoms. The molecule has 130 valence electrons. The van der Waals surface area contributed by atoms with E-state index in [9.17, 15) is 8.42 Å². The largest absolute Gasteiger partial charge is 0.408 e. The lowest BCUT2D eigenvalue weighted by molar-refractivity contribution is -0.654. The van der Waals surface area contributed by atoms with E-state index < -0.39 is 10.4 Å². The van der Waals surface area contributed by atoms with E-state index in [1.807, 2.05) is 53.2 Å². The highest BCUT2D eigenvalue weighted by Crippen LogP contribution is 2.26. The maximum Gasteiger partial charge on any atom is 0.408 e. The van der Waals surface area contributed by atoms with Gasteiger partial charge in [-0.1, -0.05) is 0 Å². The Morgan fingerprint density at radius 3 is 2.71 bits per heavy atom. The summed E-state index contributed by atoms with van der Waals surface area (Å²) in [5, 5.41) is 11.2. The van der Waals surface area contributed by atoms with E-state index in [0.29, 0.717) is 6.54 Å². The molecule has 1 N–H and O–H groups in total. The van der Waals surface area contributed by atoms with Gasteiger partial charge < -0.3 is 4.90 Å². The third kappa shape index (κ3) is 5.34. The number of aryl methyl sites for hydroxylation is 2. The maximum absolute atomic E-state index is 10.5. The van der Waals surface area contributed by atoms with Gasteiger partial charge in [0, 0.05) is 24.7 Å². The van der Waals surface area contributed by atoms with Crippen LogP contribution in [0.3, 0.4) is 0 Å². The number of thiazole rings is 1. The molecule has 0 amide bonds. The number of azo groups is 1. The normalized spacial score (nSPS) is 12.0. The van der Waals surface area contributed by atoms with Gasteiger partial charge in [-0.2, -0.15) is 8.42 Å². The van der Waals surface area contributed by atoms with Gasteiger partial charge in [0.05, 0.1) is 18.8 Å². The highest BCUT2D eigenvalue weighted by atomic mass is 32.3. The van der Waals surface area contributed by atoms with E-state index in [4.69, 9.17) is 4.55 Å². The molecule has 8 nitrogen and oxygen atoms in total. The summed E-state index contributed by atoms with van der Waals surface area (Å²) in [5.74, 6) is 0. The predicted octanol–water partition coefficient (Wildman–Crippen LogP) is 2.55. The summed E-state index contributed by atoms with van der Waals surface area (Å²) in [4.78, 5) is 1.82. The molecule has 0 bridgehead atoms. The zero-order chi connectivity index (χ0) is 17.7. The van der Waals surface area contributed by atoms with Crippen molar-refractivity contribution in [1.82, 2.24) is 0 Å². The average molecular weight is 371 g/mol. The molecular weight excluding hydrogens is 352 g/mol. The van der Waals surface area contributed by atoms with E-state index in [1.165, 1.54) is 11.3 Å². The van der Waals surface area contributed by atoms with Gasteiger partial charge >= 0.3 is 15.5 Å². The zero-order valence-electron chi connectivity index (χ0n) is 13.6. The van der Waals surface area contributed by atoms with Crippen LogP contribution in [0, 0.1) is 6.92 Å². The van der Waals surface area contributed by atoms with Crippen molar-refractivity contribution in [3.63, 3.8) is 0 Å². The Hall–Kier alpha value is -1.88. The lowest BCUT2D eigenvalue weighted by Crippen LogP contribution is -2.23. The van der Waals surface area contributed by atoms with Gasteiger partial charge in [0.15, 0.2) is 0 Å². The van der Waals surface area contributed by atoms with Gasteiger partial charge in [-0.15, -0.1) is 0 Å².